The van der Waals surface area contributed by atoms with Gasteiger partial charge in [-0.05, 0) is 18.2 Å². The van der Waals surface area contributed by atoms with E-state index in [9.17, 15) is 9.18 Å². The first-order chi connectivity index (χ1) is 9.08. The topological polar surface area (TPSA) is 78.8 Å². The summed E-state index contributed by atoms with van der Waals surface area (Å²) in [6, 6.07) is 3.81. The largest absolute Gasteiger partial charge is 0.458 e. The van der Waals surface area contributed by atoms with Crippen LogP contribution in [0.15, 0.2) is 30.9 Å². The van der Waals surface area contributed by atoms with Gasteiger partial charge >= 0.3 is 5.97 Å². The van der Waals surface area contributed by atoms with Crippen molar-refractivity contribution in [2.75, 3.05) is 25.1 Å². The molecule has 0 amide bonds. The molecule has 1 atom stereocenters. The van der Waals surface area contributed by atoms with Crippen LogP contribution in [-0.2, 0) is 4.74 Å². The second-order valence-corrected chi connectivity index (χ2v) is 3.80. The number of anilines is 1. The maximum absolute atomic E-state index is 13.7. The van der Waals surface area contributed by atoms with Crippen molar-refractivity contribution in [2.45, 2.75) is 6.10 Å². The average Bonchev–Trinajstić information content (AvgIpc) is 2.42. The molecule has 0 heterocycles. The number of rotatable bonds is 7. The molecular weight excluding hydrogens is 253 g/mol. The second kappa shape index (κ2) is 7.50. The second-order valence-electron chi connectivity index (χ2n) is 3.80. The van der Waals surface area contributed by atoms with Gasteiger partial charge in [0, 0.05) is 6.54 Å². The number of carbonyl (C=O) groups excluding carboxylic acids is 1. The van der Waals surface area contributed by atoms with Crippen molar-refractivity contribution >= 4 is 11.7 Å². The molecule has 1 unspecified atom stereocenters. The lowest BCUT2D eigenvalue weighted by Gasteiger charge is -2.11. The maximum Gasteiger partial charge on any atom is 0.338 e. The number of aliphatic hydroxyl groups excluding tert-OH is 2. The summed E-state index contributed by atoms with van der Waals surface area (Å²) in [4.78, 5) is 11.4. The first-order valence-corrected chi connectivity index (χ1v) is 5.68. The van der Waals surface area contributed by atoms with E-state index in [2.05, 4.69) is 11.9 Å². The summed E-state index contributed by atoms with van der Waals surface area (Å²) in [7, 11) is 0. The number of aliphatic hydroxyl groups is 2. The van der Waals surface area contributed by atoms with E-state index in [4.69, 9.17) is 14.9 Å². The van der Waals surface area contributed by atoms with E-state index >= 15 is 0 Å². The molecule has 104 valence electrons. The van der Waals surface area contributed by atoms with Gasteiger partial charge in [-0.1, -0.05) is 12.7 Å². The van der Waals surface area contributed by atoms with Gasteiger partial charge in [0.2, 0.25) is 0 Å². The van der Waals surface area contributed by atoms with Crippen molar-refractivity contribution < 1.29 is 24.1 Å². The summed E-state index contributed by atoms with van der Waals surface area (Å²) in [5, 5.41) is 20.4. The first kappa shape index (κ1) is 15.1. The third-order valence-electron chi connectivity index (χ3n) is 2.28. The number of esters is 1. The van der Waals surface area contributed by atoms with Crippen LogP contribution in [0.2, 0.25) is 0 Å². The van der Waals surface area contributed by atoms with Crippen LogP contribution in [0.25, 0.3) is 0 Å². The van der Waals surface area contributed by atoms with Gasteiger partial charge in [-0.3, -0.25) is 0 Å². The van der Waals surface area contributed by atoms with Gasteiger partial charge in [0.15, 0.2) is 0 Å². The highest BCUT2D eigenvalue weighted by Crippen LogP contribution is 2.16. The Bertz CT molecular complexity index is 450. The molecule has 0 bridgehead atoms. The van der Waals surface area contributed by atoms with Gasteiger partial charge in [0.1, 0.15) is 12.4 Å². The van der Waals surface area contributed by atoms with E-state index in [0.29, 0.717) is 0 Å². The SMILES string of the molecule is C=CCOC(=O)c1ccc(NCC(O)CO)c(F)c1. The highest BCUT2D eigenvalue weighted by atomic mass is 19.1. The Morgan fingerprint density at radius 1 is 1.58 bits per heavy atom. The van der Waals surface area contributed by atoms with Crippen molar-refractivity contribution in [1.82, 2.24) is 0 Å². The van der Waals surface area contributed by atoms with Crippen LogP contribution in [0.3, 0.4) is 0 Å². The molecule has 1 rings (SSSR count). The van der Waals surface area contributed by atoms with Crippen LogP contribution >= 0.6 is 0 Å². The van der Waals surface area contributed by atoms with E-state index < -0.39 is 24.5 Å². The first-order valence-electron chi connectivity index (χ1n) is 5.68. The quantitative estimate of drug-likeness (QED) is 0.507. The van der Waals surface area contributed by atoms with Crippen molar-refractivity contribution in [3.63, 3.8) is 0 Å². The highest BCUT2D eigenvalue weighted by molar-refractivity contribution is 5.89. The zero-order valence-electron chi connectivity index (χ0n) is 10.3. The molecule has 19 heavy (non-hydrogen) atoms. The van der Waals surface area contributed by atoms with Crippen molar-refractivity contribution in [3.8, 4) is 0 Å². The molecule has 0 saturated carbocycles. The third-order valence-corrected chi connectivity index (χ3v) is 2.28. The van der Waals surface area contributed by atoms with Crippen LogP contribution in [-0.4, -0.2) is 42.0 Å². The Labute approximate surface area is 110 Å². The number of ether oxygens (including phenoxy) is 1. The fraction of sp³-hybridized carbons (Fsp3) is 0.308. The molecule has 0 aliphatic carbocycles. The maximum atomic E-state index is 13.7. The number of nitrogens with one attached hydrogen (secondary N) is 1. The summed E-state index contributed by atoms with van der Waals surface area (Å²) >= 11 is 0. The minimum atomic E-state index is -0.975. The van der Waals surface area contributed by atoms with Crippen LogP contribution in [0.1, 0.15) is 10.4 Å². The Kier molecular flexibility index (Phi) is 5.98. The number of hydrogen-bond donors (Lipinski definition) is 3. The normalized spacial score (nSPS) is 11.7. The highest BCUT2D eigenvalue weighted by Gasteiger charge is 2.11. The van der Waals surface area contributed by atoms with E-state index in [1.807, 2.05) is 0 Å². The Morgan fingerprint density at radius 2 is 2.32 bits per heavy atom. The van der Waals surface area contributed by atoms with E-state index in [1.165, 1.54) is 18.2 Å². The van der Waals surface area contributed by atoms with Crippen molar-refractivity contribution in [1.29, 1.82) is 0 Å². The zero-order chi connectivity index (χ0) is 14.3. The summed E-state index contributed by atoms with van der Waals surface area (Å²) in [5.41, 5.74) is 0.223. The molecule has 5 nitrogen and oxygen atoms in total. The molecule has 0 spiro atoms. The molecule has 0 aromatic heterocycles. The average molecular weight is 269 g/mol. The molecule has 1 aromatic carbocycles. The van der Waals surface area contributed by atoms with Gasteiger partial charge in [0.25, 0.3) is 0 Å². The van der Waals surface area contributed by atoms with Gasteiger partial charge in [-0.2, -0.15) is 0 Å². The Hall–Kier alpha value is -1.92. The molecule has 0 fully saturated rings. The van der Waals surface area contributed by atoms with Crippen LogP contribution in [0.4, 0.5) is 10.1 Å². The van der Waals surface area contributed by atoms with Gasteiger partial charge in [-0.25, -0.2) is 9.18 Å². The standard InChI is InChI=1S/C13H16FNO4/c1-2-5-19-13(18)9-3-4-12(11(14)6-9)15-7-10(17)8-16/h2-4,6,10,15-17H,1,5,7-8H2. The molecule has 1 aromatic rings. The minimum absolute atomic E-state index is 0.00762. The summed E-state index contributed by atoms with van der Waals surface area (Å²) in [5.74, 6) is -1.28. The molecule has 0 aliphatic heterocycles. The minimum Gasteiger partial charge on any atom is -0.458 e. The van der Waals surface area contributed by atoms with Gasteiger partial charge in [-0.15, -0.1) is 0 Å². The van der Waals surface area contributed by atoms with E-state index in [-0.39, 0.29) is 24.4 Å². The Morgan fingerprint density at radius 3 is 2.89 bits per heavy atom. The lowest BCUT2D eigenvalue weighted by molar-refractivity contribution is 0.0549. The predicted octanol–water partition coefficient (Wildman–Crippen LogP) is 0.934. The lowest BCUT2D eigenvalue weighted by Crippen LogP contribution is -2.23. The summed E-state index contributed by atoms with van der Waals surface area (Å²) in [6.45, 7) is 3.05. The molecule has 0 saturated heterocycles. The monoisotopic (exact) mass is 269 g/mol. The number of carbonyl (C=O) groups is 1. The van der Waals surface area contributed by atoms with Crippen LogP contribution in [0, 0.1) is 5.82 Å². The smallest absolute Gasteiger partial charge is 0.338 e. The van der Waals surface area contributed by atoms with Gasteiger partial charge in [0.05, 0.1) is 24.0 Å². The fourth-order valence-corrected chi connectivity index (χ4v) is 1.30. The predicted molar refractivity (Wildman–Crippen MR) is 68.5 cm³/mol. The summed E-state index contributed by atoms with van der Waals surface area (Å²) in [6.07, 6.45) is 0.442. The van der Waals surface area contributed by atoms with E-state index in [0.717, 1.165) is 6.07 Å². The zero-order valence-corrected chi connectivity index (χ0v) is 10.3. The number of halogens is 1. The van der Waals surface area contributed by atoms with Crippen molar-refractivity contribution in [2.24, 2.45) is 0 Å². The molecule has 6 heteroatoms. The number of hydrogen-bond acceptors (Lipinski definition) is 5. The Balaban J connectivity index is 2.68. The lowest BCUT2D eigenvalue weighted by atomic mass is 10.2. The molecular formula is C13H16FNO4. The molecule has 0 aliphatic rings. The summed E-state index contributed by atoms with van der Waals surface area (Å²) < 4.78 is 18.4. The van der Waals surface area contributed by atoms with Gasteiger partial charge < -0.3 is 20.3 Å². The van der Waals surface area contributed by atoms with E-state index in [1.54, 1.807) is 0 Å². The fourth-order valence-electron chi connectivity index (χ4n) is 1.30. The van der Waals surface area contributed by atoms with Crippen LogP contribution < -0.4 is 5.32 Å². The molecule has 0 radical (unpaired) electrons. The van der Waals surface area contributed by atoms with Crippen LogP contribution in [0.5, 0.6) is 0 Å². The van der Waals surface area contributed by atoms with Crippen molar-refractivity contribution in [3.05, 3.63) is 42.2 Å². The number of benzene rings is 1. The molecule has 3 N–H and O–H groups in total. The third kappa shape index (κ3) is 4.69.